The molecule has 0 bridgehead atoms. The topological polar surface area (TPSA) is 163 Å². The lowest BCUT2D eigenvalue weighted by Crippen LogP contribution is -2.54. The van der Waals surface area contributed by atoms with E-state index in [1.54, 1.807) is 19.1 Å². The van der Waals surface area contributed by atoms with Gasteiger partial charge in [0.05, 0.1) is 36.5 Å². The van der Waals surface area contributed by atoms with E-state index in [2.05, 4.69) is 0 Å². The van der Waals surface area contributed by atoms with Crippen LogP contribution in [0.1, 0.15) is 68.8 Å². The SMILES string of the molecule is COc1cccc2c1C(=O)c1c(cc3c(c1O)[C@@H](OC1CC(N(C)C)C(O)C(C)O1)C[C@](O)(C(=O)CO)C3)C2=O. The van der Waals surface area contributed by atoms with E-state index in [1.807, 2.05) is 19.0 Å². The van der Waals surface area contributed by atoms with Gasteiger partial charge in [0, 0.05) is 42.0 Å². The van der Waals surface area contributed by atoms with E-state index in [-0.39, 0.29) is 64.4 Å². The first-order valence-corrected chi connectivity index (χ1v) is 13.1. The zero-order chi connectivity index (χ0) is 29.1. The number of benzene rings is 2. The van der Waals surface area contributed by atoms with Crippen molar-refractivity contribution >= 4 is 17.3 Å². The molecule has 3 aliphatic rings. The van der Waals surface area contributed by atoms with E-state index in [0.717, 1.165) is 0 Å². The summed E-state index contributed by atoms with van der Waals surface area (Å²) in [5.74, 6) is -2.27. The van der Waals surface area contributed by atoms with Crippen LogP contribution in [0.3, 0.4) is 0 Å². The van der Waals surface area contributed by atoms with Crippen molar-refractivity contribution in [3.05, 3.63) is 57.6 Å². The van der Waals surface area contributed by atoms with Gasteiger partial charge in [-0.2, -0.15) is 0 Å². The van der Waals surface area contributed by atoms with Crippen LogP contribution in [0.25, 0.3) is 0 Å². The average molecular weight is 556 g/mol. The second-order valence-electron chi connectivity index (χ2n) is 10.9. The Morgan fingerprint density at radius 3 is 2.55 bits per heavy atom. The van der Waals surface area contributed by atoms with Crippen molar-refractivity contribution in [2.24, 2.45) is 0 Å². The van der Waals surface area contributed by atoms with Gasteiger partial charge in [-0.3, -0.25) is 14.4 Å². The maximum Gasteiger partial charge on any atom is 0.201 e. The molecular weight excluding hydrogens is 522 g/mol. The molecule has 2 aliphatic carbocycles. The summed E-state index contributed by atoms with van der Waals surface area (Å²) in [6.07, 6.45) is -3.85. The van der Waals surface area contributed by atoms with Crippen LogP contribution in [0.2, 0.25) is 0 Å². The fraction of sp³-hybridized carbons (Fsp3) is 0.483. The number of Topliss-reactive ketones (excluding diaryl/α,β-unsaturated/α-hetero) is 1. The van der Waals surface area contributed by atoms with E-state index in [0.29, 0.717) is 0 Å². The molecule has 1 aliphatic heterocycles. The van der Waals surface area contributed by atoms with Crippen LogP contribution in [0.5, 0.6) is 11.5 Å². The van der Waals surface area contributed by atoms with Crippen LogP contribution in [0, 0.1) is 0 Å². The number of aliphatic hydroxyl groups excluding tert-OH is 2. The van der Waals surface area contributed by atoms with Crippen molar-refractivity contribution in [2.45, 2.75) is 62.4 Å². The number of likely N-dealkylation sites (N-methyl/N-ethyl adjacent to an activating group) is 1. The Labute approximate surface area is 230 Å². The van der Waals surface area contributed by atoms with Gasteiger partial charge in [0.15, 0.2) is 17.9 Å². The van der Waals surface area contributed by atoms with Gasteiger partial charge < -0.3 is 39.5 Å². The number of hydrogen-bond donors (Lipinski definition) is 4. The third kappa shape index (κ3) is 4.43. The van der Waals surface area contributed by atoms with E-state index in [1.165, 1.54) is 19.2 Å². The van der Waals surface area contributed by atoms with Gasteiger partial charge in [-0.25, -0.2) is 0 Å². The molecule has 0 aromatic heterocycles. The number of carbonyl (C=O) groups excluding carboxylic acids is 3. The lowest BCUT2D eigenvalue weighted by molar-refractivity contribution is -0.256. The third-order valence-electron chi connectivity index (χ3n) is 8.26. The number of nitrogens with zero attached hydrogens (tertiary/aromatic N) is 1. The number of ether oxygens (including phenoxy) is 3. The molecule has 214 valence electrons. The molecule has 4 N–H and O–H groups in total. The van der Waals surface area contributed by atoms with Crippen molar-refractivity contribution in [1.82, 2.24) is 4.90 Å². The number of fused-ring (bicyclic) bond motifs is 3. The number of phenols is 1. The predicted molar refractivity (Wildman–Crippen MR) is 140 cm³/mol. The molecule has 1 fully saturated rings. The van der Waals surface area contributed by atoms with Gasteiger partial charge in [-0.05, 0) is 38.7 Å². The molecule has 6 atom stereocenters. The number of phenolic OH excluding ortho intramolecular Hbond substituents is 1. The summed E-state index contributed by atoms with van der Waals surface area (Å²) < 4.78 is 17.5. The Morgan fingerprint density at radius 2 is 1.90 bits per heavy atom. The van der Waals surface area contributed by atoms with Crippen molar-refractivity contribution < 1.29 is 49.0 Å². The predicted octanol–water partition coefficient (Wildman–Crippen LogP) is 0.899. The Kier molecular flexibility index (Phi) is 7.32. The Balaban J connectivity index is 1.63. The minimum atomic E-state index is -2.06. The molecule has 40 heavy (non-hydrogen) atoms. The van der Waals surface area contributed by atoms with Crippen LogP contribution < -0.4 is 4.74 Å². The van der Waals surface area contributed by atoms with E-state index < -0.39 is 59.9 Å². The summed E-state index contributed by atoms with van der Waals surface area (Å²) >= 11 is 0. The summed E-state index contributed by atoms with van der Waals surface area (Å²) in [5.41, 5.74) is -1.82. The molecule has 11 heteroatoms. The van der Waals surface area contributed by atoms with Crippen LogP contribution in [-0.2, 0) is 20.7 Å². The molecule has 5 rings (SSSR count). The second kappa shape index (κ2) is 10.3. The molecule has 1 saturated heterocycles. The molecular formula is C29H33NO10. The fourth-order valence-corrected chi connectivity index (χ4v) is 6.13. The monoisotopic (exact) mass is 555 g/mol. The number of rotatable bonds is 6. The normalized spacial score (nSPS) is 29.6. The number of methoxy groups -OCH3 is 1. The van der Waals surface area contributed by atoms with Crippen molar-refractivity contribution in [3.8, 4) is 11.5 Å². The fourth-order valence-electron chi connectivity index (χ4n) is 6.13. The molecule has 0 spiro atoms. The number of hydrogen-bond acceptors (Lipinski definition) is 11. The molecule has 2 aromatic rings. The first kappa shape index (κ1) is 28.3. The highest BCUT2D eigenvalue weighted by Gasteiger charge is 2.48. The molecule has 2 aromatic carbocycles. The highest BCUT2D eigenvalue weighted by molar-refractivity contribution is 6.30. The first-order valence-electron chi connectivity index (χ1n) is 13.1. The van der Waals surface area contributed by atoms with Crippen molar-refractivity contribution in [3.63, 3.8) is 0 Å². The molecule has 11 nitrogen and oxygen atoms in total. The van der Waals surface area contributed by atoms with Crippen molar-refractivity contribution in [2.75, 3.05) is 27.8 Å². The lowest BCUT2D eigenvalue weighted by atomic mass is 9.72. The molecule has 1 heterocycles. The van der Waals surface area contributed by atoms with Gasteiger partial charge >= 0.3 is 0 Å². The van der Waals surface area contributed by atoms with Gasteiger partial charge in [0.1, 0.15) is 23.7 Å². The largest absolute Gasteiger partial charge is 0.507 e. The summed E-state index contributed by atoms with van der Waals surface area (Å²) in [5, 5.41) is 43.0. The van der Waals surface area contributed by atoms with Crippen LogP contribution in [0.4, 0.5) is 0 Å². The Bertz CT molecular complexity index is 1390. The molecule has 0 radical (unpaired) electrons. The number of ketones is 3. The van der Waals surface area contributed by atoms with Gasteiger partial charge in [-0.15, -0.1) is 0 Å². The highest BCUT2D eigenvalue weighted by Crippen LogP contribution is 2.48. The standard InChI is InChI=1S/C29H33NO10/c1-13-25(33)17(30(2)3)9-21(39-13)40-19-11-29(37,20(32)12-31)10-14-8-16-24(27(35)22(14)19)28(36)23-15(26(16)34)6-5-7-18(23)38-4/h5-8,13,17,19,21,25,31,33,35,37H,9-12H2,1-4H3/t13?,17?,19-,21?,25?,29-/m0/s1. The van der Waals surface area contributed by atoms with Crippen LogP contribution >= 0.6 is 0 Å². The quantitative estimate of drug-likeness (QED) is 0.342. The highest BCUT2D eigenvalue weighted by atomic mass is 16.7. The summed E-state index contributed by atoms with van der Waals surface area (Å²) in [4.78, 5) is 41.7. The third-order valence-corrected chi connectivity index (χ3v) is 8.26. The van der Waals surface area contributed by atoms with Crippen molar-refractivity contribution in [1.29, 1.82) is 0 Å². The second-order valence-corrected chi connectivity index (χ2v) is 10.9. The maximum absolute atomic E-state index is 13.7. The van der Waals surface area contributed by atoms with Crippen LogP contribution in [0.15, 0.2) is 24.3 Å². The average Bonchev–Trinajstić information content (AvgIpc) is 2.91. The Hall–Kier alpha value is -3.19. The summed E-state index contributed by atoms with van der Waals surface area (Å²) in [7, 11) is 5.00. The minimum absolute atomic E-state index is 0.0326. The van der Waals surface area contributed by atoms with E-state index in [4.69, 9.17) is 14.2 Å². The first-order chi connectivity index (χ1) is 18.9. The zero-order valence-electron chi connectivity index (χ0n) is 22.7. The van der Waals surface area contributed by atoms with Gasteiger partial charge in [0.25, 0.3) is 0 Å². The summed E-state index contributed by atoms with van der Waals surface area (Å²) in [6.45, 7) is 0.770. The minimum Gasteiger partial charge on any atom is -0.507 e. The Morgan fingerprint density at radius 1 is 1.18 bits per heavy atom. The molecule has 0 amide bonds. The lowest BCUT2D eigenvalue weighted by Gasteiger charge is -2.44. The molecule has 0 saturated carbocycles. The van der Waals surface area contributed by atoms with Gasteiger partial charge in [0.2, 0.25) is 5.78 Å². The smallest absolute Gasteiger partial charge is 0.201 e. The zero-order valence-corrected chi connectivity index (χ0v) is 22.7. The van der Waals surface area contributed by atoms with E-state index in [9.17, 15) is 34.8 Å². The number of aliphatic hydroxyl groups is 3. The number of aromatic hydroxyl groups is 1. The maximum atomic E-state index is 13.7. The number of carbonyl (C=O) groups is 3. The summed E-state index contributed by atoms with van der Waals surface area (Å²) in [6, 6.07) is 5.70. The van der Waals surface area contributed by atoms with Gasteiger partial charge in [-0.1, -0.05) is 12.1 Å². The molecule has 4 unspecified atom stereocenters. The van der Waals surface area contributed by atoms with Crippen LogP contribution in [-0.4, -0.2) is 101 Å². The van der Waals surface area contributed by atoms with E-state index >= 15 is 0 Å².